The molecule has 1 saturated heterocycles. The summed E-state index contributed by atoms with van der Waals surface area (Å²) in [7, 11) is 0. The first kappa shape index (κ1) is 18.8. The number of benzene rings is 2. The Bertz CT molecular complexity index is 755. The van der Waals surface area contributed by atoms with E-state index in [1.807, 2.05) is 35.2 Å². The standard InChI is InChI=1S/C23H29N3O2/c27-23(24-11-16-28-22-9-2-1-3-10-22)26-13-6-12-25(14-15-26)21-17-19-7-4-5-8-20(19)18-21/h1-5,7-10,21H,6,11-18H2,(H,24,27). The fraction of sp³-hybridized carbons (Fsp3) is 0.435. The highest BCUT2D eigenvalue weighted by Gasteiger charge is 2.28. The molecular formula is C23H29N3O2. The number of urea groups is 1. The first-order valence-corrected chi connectivity index (χ1v) is 10.3. The van der Waals surface area contributed by atoms with Gasteiger partial charge in [-0.05, 0) is 42.5 Å². The second-order valence-electron chi connectivity index (χ2n) is 7.60. The molecule has 5 nitrogen and oxygen atoms in total. The topological polar surface area (TPSA) is 44.8 Å². The molecule has 2 aromatic rings. The van der Waals surface area contributed by atoms with Gasteiger partial charge in [-0.3, -0.25) is 4.90 Å². The summed E-state index contributed by atoms with van der Waals surface area (Å²) in [5, 5.41) is 2.99. The number of hydrogen-bond acceptors (Lipinski definition) is 3. The zero-order valence-corrected chi connectivity index (χ0v) is 16.3. The van der Waals surface area contributed by atoms with Crippen molar-refractivity contribution in [1.29, 1.82) is 0 Å². The Morgan fingerprint density at radius 1 is 0.929 bits per heavy atom. The quantitative estimate of drug-likeness (QED) is 0.813. The molecule has 0 atom stereocenters. The van der Waals surface area contributed by atoms with Crippen LogP contribution in [-0.2, 0) is 12.8 Å². The molecule has 2 aromatic carbocycles. The minimum atomic E-state index is 0.0215. The van der Waals surface area contributed by atoms with Crippen molar-refractivity contribution in [3.63, 3.8) is 0 Å². The van der Waals surface area contributed by atoms with Crippen LogP contribution >= 0.6 is 0 Å². The highest BCUT2D eigenvalue weighted by molar-refractivity contribution is 5.74. The Labute approximate surface area is 167 Å². The molecule has 28 heavy (non-hydrogen) atoms. The van der Waals surface area contributed by atoms with E-state index < -0.39 is 0 Å². The van der Waals surface area contributed by atoms with E-state index in [4.69, 9.17) is 4.74 Å². The normalized spacial score (nSPS) is 17.8. The summed E-state index contributed by atoms with van der Waals surface area (Å²) < 4.78 is 5.64. The van der Waals surface area contributed by atoms with Gasteiger partial charge in [-0.2, -0.15) is 0 Å². The number of amides is 2. The van der Waals surface area contributed by atoms with Crippen molar-refractivity contribution in [2.24, 2.45) is 0 Å². The molecule has 1 aliphatic heterocycles. The minimum Gasteiger partial charge on any atom is -0.492 e. The Balaban J connectivity index is 1.20. The van der Waals surface area contributed by atoms with E-state index in [2.05, 4.69) is 34.5 Å². The van der Waals surface area contributed by atoms with Crippen molar-refractivity contribution >= 4 is 6.03 Å². The fourth-order valence-electron chi connectivity index (χ4n) is 4.25. The Morgan fingerprint density at radius 3 is 2.39 bits per heavy atom. The van der Waals surface area contributed by atoms with E-state index in [1.54, 1.807) is 0 Å². The summed E-state index contributed by atoms with van der Waals surface area (Å²) in [5.74, 6) is 0.833. The zero-order valence-electron chi connectivity index (χ0n) is 16.3. The second kappa shape index (κ2) is 9.11. The van der Waals surface area contributed by atoms with Crippen LogP contribution in [0.4, 0.5) is 4.79 Å². The number of nitrogens with zero attached hydrogens (tertiary/aromatic N) is 2. The van der Waals surface area contributed by atoms with Crippen LogP contribution in [0.25, 0.3) is 0 Å². The van der Waals surface area contributed by atoms with Gasteiger partial charge >= 0.3 is 6.03 Å². The first-order valence-electron chi connectivity index (χ1n) is 10.3. The molecule has 1 fully saturated rings. The number of ether oxygens (including phenoxy) is 1. The van der Waals surface area contributed by atoms with Crippen molar-refractivity contribution in [1.82, 2.24) is 15.1 Å². The van der Waals surface area contributed by atoms with Gasteiger partial charge in [0.1, 0.15) is 12.4 Å². The van der Waals surface area contributed by atoms with Crippen LogP contribution in [-0.4, -0.2) is 61.2 Å². The summed E-state index contributed by atoms with van der Waals surface area (Å²) in [6, 6.07) is 19.1. The zero-order chi connectivity index (χ0) is 19.2. The number of fused-ring (bicyclic) bond motifs is 1. The van der Waals surface area contributed by atoms with Gasteiger partial charge in [0.2, 0.25) is 0 Å². The first-order chi connectivity index (χ1) is 13.8. The lowest BCUT2D eigenvalue weighted by Crippen LogP contribution is -2.44. The smallest absolute Gasteiger partial charge is 0.317 e. The molecule has 2 amide bonds. The summed E-state index contributed by atoms with van der Waals surface area (Å²) in [6.45, 7) is 4.63. The molecule has 1 aliphatic carbocycles. The van der Waals surface area contributed by atoms with Gasteiger partial charge in [0.05, 0.1) is 6.54 Å². The molecule has 4 rings (SSSR count). The number of rotatable bonds is 5. The average Bonchev–Trinajstić information content (AvgIpc) is 3.01. The monoisotopic (exact) mass is 379 g/mol. The van der Waals surface area contributed by atoms with Gasteiger partial charge in [0.25, 0.3) is 0 Å². The Morgan fingerprint density at radius 2 is 1.64 bits per heavy atom. The molecule has 0 aromatic heterocycles. The minimum absolute atomic E-state index is 0.0215. The van der Waals surface area contributed by atoms with E-state index in [0.717, 1.165) is 51.2 Å². The average molecular weight is 380 g/mol. The molecule has 0 bridgehead atoms. The number of hydrogen-bond donors (Lipinski definition) is 1. The van der Waals surface area contributed by atoms with Gasteiger partial charge in [-0.25, -0.2) is 4.79 Å². The lowest BCUT2D eigenvalue weighted by Gasteiger charge is -2.27. The molecule has 5 heteroatoms. The Kier molecular flexibility index (Phi) is 6.12. The van der Waals surface area contributed by atoms with Gasteiger partial charge in [0, 0.05) is 32.2 Å². The van der Waals surface area contributed by atoms with Crippen molar-refractivity contribution in [3.8, 4) is 5.75 Å². The predicted molar refractivity (Wildman–Crippen MR) is 111 cm³/mol. The van der Waals surface area contributed by atoms with E-state index in [-0.39, 0.29) is 6.03 Å². The third-order valence-corrected chi connectivity index (χ3v) is 5.75. The van der Waals surface area contributed by atoms with Crippen LogP contribution in [0.15, 0.2) is 54.6 Å². The number of carbonyl (C=O) groups excluding carboxylic acids is 1. The largest absolute Gasteiger partial charge is 0.492 e. The van der Waals surface area contributed by atoms with E-state index in [1.165, 1.54) is 11.1 Å². The van der Waals surface area contributed by atoms with Crippen LogP contribution in [0.1, 0.15) is 17.5 Å². The van der Waals surface area contributed by atoms with E-state index >= 15 is 0 Å². The van der Waals surface area contributed by atoms with Crippen molar-refractivity contribution in [3.05, 3.63) is 65.7 Å². The van der Waals surface area contributed by atoms with Crippen molar-refractivity contribution in [2.75, 3.05) is 39.3 Å². The van der Waals surface area contributed by atoms with Gasteiger partial charge < -0.3 is 15.0 Å². The lowest BCUT2D eigenvalue weighted by molar-refractivity contribution is 0.187. The predicted octanol–water partition coefficient (Wildman–Crippen LogP) is 2.95. The van der Waals surface area contributed by atoms with Gasteiger partial charge in [-0.1, -0.05) is 42.5 Å². The maximum absolute atomic E-state index is 12.5. The fourth-order valence-corrected chi connectivity index (χ4v) is 4.25. The molecule has 148 valence electrons. The SMILES string of the molecule is O=C(NCCOc1ccccc1)N1CCCN(C2Cc3ccccc3C2)CC1. The molecule has 1 N–H and O–H groups in total. The highest BCUT2D eigenvalue weighted by atomic mass is 16.5. The van der Waals surface area contributed by atoms with E-state index in [0.29, 0.717) is 19.2 Å². The van der Waals surface area contributed by atoms with Crippen LogP contribution in [0.2, 0.25) is 0 Å². The summed E-state index contributed by atoms with van der Waals surface area (Å²) in [4.78, 5) is 17.0. The maximum atomic E-state index is 12.5. The second-order valence-corrected chi connectivity index (χ2v) is 7.60. The third kappa shape index (κ3) is 4.65. The van der Waals surface area contributed by atoms with Gasteiger partial charge in [-0.15, -0.1) is 0 Å². The highest BCUT2D eigenvalue weighted by Crippen LogP contribution is 2.26. The molecule has 2 aliphatic rings. The Hall–Kier alpha value is -2.53. The molecule has 0 radical (unpaired) electrons. The molecule has 0 unspecified atom stereocenters. The summed E-state index contributed by atoms with van der Waals surface area (Å²) in [6.07, 6.45) is 3.30. The number of nitrogens with one attached hydrogen (secondary N) is 1. The van der Waals surface area contributed by atoms with E-state index in [9.17, 15) is 4.79 Å². The number of para-hydroxylation sites is 1. The maximum Gasteiger partial charge on any atom is 0.317 e. The van der Waals surface area contributed by atoms with Crippen molar-refractivity contribution in [2.45, 2.75) is 25.3 Å². The van der Waals surface area contributed by atoms with Crippen LogP contribution < -0.4 is 10.1 Å². The molecular weight excluding hydrogens is 350 g/mol. The molecule has 0 spiro atoms. The number of carbonyl (C=O) groups is 1. The third-order valence-electron chi connectivity index (χ3n) is 5.75. The van der Waals surface area contributed by atoms with Gasteiger partial charge in [0.15, 0.2) is 0 Å². The van der Waals surface area contributed by atoms with Crippen LogP contribution in [0.3, 0.4) is 0 Å². The van der Waals surface area contributed by atoms with Crippen LogP contribution in [0.5, 0.6) is 5.75 Å². The van der Waals surface area contributed by atoms with Crippen LogP contribution in [0, 0.1) is 0 Å². The summed E-state index contributed by atoms with van der Waals surface area (Å²) >= 11 is 0. The van der Waals surface area contributed by atoms with Crippen molar-refractivity contribution < 1.29 is 9.53 Å². The lowest BCUT2D eigenvalue weighted by atomic mass is 10.1. The molecule has 0 saturated carbocycles. The molecule has 1 heterocycles. The summed E-state index contributed by atoms with van der Waals surface area (Å²) in [5.41, 5.74) is 2.98.